The molecule has 21 heavy (non-hydrogen) atoms. The largest absolute Gasteiger partial charge is 0.481 e. The maximum Gasteiger partial charge on any atom is 0.310 e. The third-order valence-electron chi connectivity index (χ3n) is 5.19. The van der Waals surface area contributed by atoms with Crippen molar-refractivity contribution in [3.8, 4) is 0 Å². The van der Waals surface area contributed by atoms with Crippen molar-refractivity contribution >= 4 is 11.9 Å². The van der Waals surface area contributed by atoms with Crippen molar-refractivity contribution in [1.82, 2.24) is 10.2 Å². The van der Waals surface area contributed by atoms with Crippen molar-refractivity contribution in [2.75, 3.05) is 13.1 Å². The third kappa shape index (κ3) is 3.57. The Balaban J connectivity index is 1.92. The Morgan fingerprint density at radius 3 is 2.62 bits per heavy atom. The number of hydrogen-bond donors (Lipinski definition) is 2. The van der Waals surface area contributed by atoms with Crippen LogP contribution in [0.5, 0.6) is 0 Å². The van der Waals surface area contributed by atoms with Crippen LogP contribution in [0.25, 0.3) is 0 Å². The van der Waals surface area contributed by atoms with Gasteiger partial charge in [0.15, 0.2) is 0 Å². The van der Waals surface area contributed by atoms with E-state index in [1.54, 1.807) is 0 Å². The number of likely N-dealkylation sites (tertiary alicyclic amines) is 1. The van der Waals surface area contributed by atoms with Crippen LogP contribution >= 0.6 is 0 Å². The Bertz CT molecular complexity index is 393. The normalized spacial score (nSPS) is 28.7. The van der Waals surface area contributed by atoms with E-state index >= 15 is 0 Å². The van der Waals surface area contributed by atoms with Gasteiger partial charge >= 0.3 is 5.97 Å². The highest BCUT2D eigenvalue weighted by atomic mass is 16.4. The molecule has 120 valence electrons. The fraction of sp³-hybridized carbons (Fsp3) is 0.875. The quantitative estimate of drug-likeness (QED) is 0.786. The number of rotatable bonds is 6. The fourth-order valence-corrected chi connectivity index (χ4v) is 3.76. The molecule has 0 aromatic carbocycles. The lowest BCUT2D eigenvalue weighted by Gasteiger charge is -2.28. The van der Waals surface area contributed by atoms with Gasteiger partial charge in [-0.25, -0.2) is 0 Å². The molecule has 1 saturated carbocycles. The molecule has 0 aromatic heterocycles. The number of carbonyl (C=O) groups is 2. The van der Waals surface area contributed by atoms with Gasteiger partial charge in [-0.05, 0) is 32.6 Å². The lowest BCUT2D eigenvalue weighted by molar-refractivity contribution is -0.149. The van der Waals surface area contributed by atoms with Crippen LogP contribution in [0, 0.1) is 5.41 Å². The summed E-state index contributed by atoms with van der Waals surface area (Å²) in [5, 5.41) is 12.7. The number of amides is 1. The number of nitrogens with one attached hydrogen (secondary N) is 1. The van der Waals surface area contributed by atoms with E-state index < -0.39 is 11.4 Å². The van der Waals surface area contributed by atoms with Crippen LogP contribution in [0.1, 0.15) is 58.8 Å². The van der Waals surface area contributed by atoms with Crippen LogP contribution in [0.4, 0.5) is 0 Å². The molecule has 1 amide bonds. The van der Waals surface area contributed by atoms with Crippen LogP contribution in [-0.4, -0.2) is 47.1 Å². The first kappa shape index (κ1) is 16.3. The zero-order chi connectivity index (χ0) is 15.5. The third-order valence-corrected chi connectivity index (χ3v) is 5.19. The molecule has 2 aliphatic rings. The Labute approximate surface area is 127 Å². The number of aliphatic carboxylic acids is 1. The summed E-state index contributed by atoms with van der Waals surface area (Å²) in [6.07, 6.45) is 6.75. The number of carboxylic acid groups (broad SMARTS) is 1. The van der Waals surface area contributed by atoms with Crippen molar-refractivity contribution in [3.63, 3.8) is 0 Å². The molecule has 5 heteroatoms. The van der Waals surface area contributed by atoms with E-state index in [0.717, 1.165) is 19.3 Å². The smallest absolute Gasteiger partial charge is 0.310 e. The summed E-state index contributed by atoms with van der Waals surface area (Å²) in [5.74, 6) is -0.658. The predicted molar refractivity (Wildman–Crippen MR) is 81.0 cm³/mol. The van der Waals surface area contributed by atoms with Crippen molar-refractivity contribution in [2.45, 2.75) is 70.9 Å². The van der Waals surface area contributed by atoms with Gasteiger partial charge in [-0.15, -0.1) is 0 Å². The molecular formula is C16H28N2O3. The summed E-state index contributed by atoms with van der Waals surface area (Å²) in [4.78, 5) is 26.0. The molecule has 0 spiro atoms. The SMILES string of the molecule is CCCC1(C(=O)O)CCN(C(C)C(=O)NC2CCCC2)C1. The van der Waals surface area contributed by atoms with Crippen LogP contribution in [0.15, 0.2) is 0 Å². The number of hydrogen-bond acceptors (Lipinski definition) is 3. The second-order valence-electron chi connectivity index (χ2n) is 6.72. The molecule has 0 radical (unpaired) electrons. The second kappa shape index (κ2) is 6.77. The van der Waals surface area contributed by atoms with Crippen molar-refractivity contribution < 1.29 is 14.7 Å². The van der Waals surface area contributed by atoms with E-state index in [4.69, 9.17) is 0 Å². The Morgan fingerprint density at radius 2 is 2.05 bits per heavy atom. The van der Waals surface area contributed by atoms with Gasteiger partial charge in [-0.2, -0.15) is 0 Å². The number of nitrogens with zero attached hydrogens (tertiary/aromatic N) is 1. The summed E-state index contributed by atoms with van der Waals surface area (Å²) in [5.41, 5.74) is -0.656. The second-order valence-corrected chi connectivity index (χ2v) is 6.72. The van der Waals surface area contributed by atoms with Gasteiger partial charge in [0, 0.05) is 19.1 Å². The summed E-state index contributed by atoms with van der Waals surface area (Å²) in [6.45, 7) is 5.11. The summed E-state index contributed by atoms with van der Waals surface area (Å²) >= 11 is 0. The standard InChI is InChI=1S/C16H28N2O3/c1-3-8-16(15(20)21)9-10-18(11-16)12(2)14(19)17-13-6-4-5-7-13/h12-13H,3-11H2,1-2H3,(H,17,19)(H,20,21). The first-order valence-electron chi connectivity index (χ1n) is 8.26. The molecule has 2 N–H and O–H groups in total. The molecule has 1 saturated heterocycles. The molecule has 2 fully saturated rings. The average molecular weight is 296 g/mol. The predicted octanol–water partition coefficient (Wildman–Crippen LogP) is 2.01. The molecule has 2 atom stereocenters. The van der Waals surface area contributed by atoms with Crippen LogP contribution in [-0.2, 0) is 9.59 Å². The van der Waals surface area contributed by atoms with Crippen LogP contribution < -0.4 is 5.32 Å². The van der Waals surface area contributed by atoms with E-state index in [0.29, 0.717) is 32.0 Å². The fourth-order valence-electron chi connectivity index (χ4n) is 3.76. The Hall–Kier alpha value is -1.10. The van der Waals surface area contributed by atoms with Gasteiger partial charge in [0.1, 0.15) is 0 Å². The van der Waals surface area contributed by atoms with Gasteiger partial charge in [0.05, 0.1) is 11.5 Å². The van der Waals surface area contributed by atoms with Gasteiger partial charge in [-0.3, -0.25) is 14.5 Å². The molecular weight excluding hydrogens is 268 g/mol. The van der Waals surface area contributed by atoms with Gasteiger partial charge in [0.2, 0.25) is 5.91 Å². The molecule has 2 unspecified atom stereocenters. The van der Waals surface area contributed by atoms with Crippen LogP contribution in [0.2, 0.25) is 0 Å². The van der Waals surface area contributed by atoms with E-state index in [9.17, 15) is 14.7 Å². The van der Waals surface area contributed by atoms with Gasteiger partial charge in [-0.1, -0.05) is 26.2 Å². The first-order chi connectivity index (χ1) is 9.98. The highest BCUT2D eigenvalue weighted by Gasteiger charge is 2.46. The zero-order valence-electron chi connectivity index (χ0n) is 13.2. The molecule has 5 nitrogen and oxygen atoms in total. The lowest BCUT2D eigenvalue weighted by Crippen LogP contribution is -2.48. The minimum Gasteiger partial charge on any atom is -0.481 e. The van der Waals surface area contributed by atoms with Gasteiger partial charge in [0.25, 0.3) is 0 Å². The van der Waals surface area contributed by atoms with Crippen molar-refractivity contribution in [2.24, 2.45) is 5.41 Å². The Morgan fingerprint density at radius 1 is 1.38 bits per heavy atom. The topological polar surface area (TPSA) is 69.6 Å². The van der Waals surface area contributed by atoms with E-state index in [-0.39, 0.29) is 11.9 Å². The summed E-state index contributed by atoms with van der Waals surface area (Å²) in [6, 6.07) is 0.0890. The highest BCUT2D eigenvalue weighted by molar-refractivity contribution is 5.82. The minimum absolute atomic E-state index is 0.0552. The minimum atomic E-state index is -0.713. The highest BCUT2D eigenvalue weighted by Crippen LogP contribution is 2.36. The van der Waals surface area contributed by atoms with E-state index in [2.05, 4.69) is 5.32 Å². The first-order valence-corrected chi connectivity index (χ1v) is 8.26. The van der Waals surface area contributed by atoms with Gasteiger partial charge < -0.3 is 10.4 Å². The van der Waals surface area contributed by atoms with Crippen molar-refractivity contribution in [3.05, 3.63) is 0 Å². The monoisotopic (exact) mass is 296 g/mol. The zero-order valence-corrected chi connectivity index (χ0v) is 13.2. The van der Waals surface area contributed by atoms with E-state index in [1.807, 2.05) is 18.7 Å². The summed E-state index contributed by atoms with van der Waals surface area (Å²) in [7, 11) is 0. The maximum atomic E-state index is 12.3. The maximum absolute atomic E-state index is 12.3. The van der Waals surface area contributed by atoms with E-state index in [1.165, 1.54) is 12.8 Å². The molecule has 0 bridgehead atoms. The lowest BCUT2D eigenvalue weighted by atomic mass is 9.83. The van der Waals surface area contributed by atoms with Crippen LogP contribution in [0.3, 0.4) is 0 Å². The molecule has 2 rings (SSSR count). The van der Waals surface area contributed by atoms with Crippen molar-refractivity contribution in [1.29, 1.82) is 0 Å². The molecule has 0 aromatic rings. The molecule has 1 aliphatic heterocycles. The number of carbonyl (C=O) groups excluding carboxylic acids is 1. The number of carboxylic acids is 1. The Kier molecular flexibility index (Phi) is 5.25. The molecule has 1 aliphatic carbocycles. The summed E-state index contributed by atoms with van der Waals surface area (Å²) < 4.78 is 0. The molecule has 1 heterocycles. The average Bonchev–Trinajstić information content (AvgIpc) is 3.08.